The normalized spacial score (nSPS) is 12.0. The minimum atomic E-state index is 0.967. The highest BCUT2D eigenvalue weighted by atomic mass is 15.0. The average Bonchev–Trinajstić information content (AvgIpc) is 3.12. The van der Waals surface area contributed by atoms with Crippen molar-refractivity contribution in [3.05, 3.63) is 120 Å². The molecule has 0 aliphatic rings. The van der Waals surface area contributed by atoms with Gasteiger partial charge in [0.2, 0.25) is 0 Å². The Balaban J connectivity index is 1.76. The van der Waals surface area contributed by atoms with E-state index in [-0.39, 0.29) is 0 Å². The zero-order chi connectivity index (χ0) is 19.6. The lowest BCUT2D eigenvalue weighted by Gasteiger charge is -2.10. The minimum absolute atomic E-state index is 0.967. The summed E-state index contributed by atoms with van der Waals surface area (Å²) in [5.41, 5.74) is 7.52. The van der Waals surface area contributed by atoms with Crippen LogP contribution in [-0.2, 0) is 6.54 Å². The van der Waals surface area contributed by atoms with Crippen molar-refractivity contribution in [2.75, 3.05) is 0 Å². The van der Waals surface area contributed by atoms with Gasteiger partial charge in [-0.25, -0.2) is 0 Å². The van der Waals surface area contributed by atoms with E-state index < -0.39 is 0 Å². The highest BCUT2D eigenvalue weighted by Crippen LogP contribution is 2.33. The third-order valence-electron chi connectivity index (χ3n) is 5.59. The predicted molar refractivity (Wildman–Crippen MR) is 125 cm³/mol. The van der Waals surface area contributed by atoms with Gasteiger partial charge in [0.15, 0.2) is 0 Å². The summed E-state index contributed by atoms with van der Waals surface area (Å²) >= 11 is 0. The van der Waals surface area contributed by atoms with Crippen molar-refractivity contribution < 1.29 is 0 Å². The Morgan fingerprint density at radius 1 is 0.655 bits per heavy atom. The lowest BCUT2D eigenvalue weighted by atomic mass is 9.94. The molecule has 0 fully saturated rings. The van der Waals surface area contributed by atoms with Gasteiger partial charge in [-0.05, 0) is 53.5 Å². The Bertz CT molecular complexity index is 1310. The quantitative estimate of drug-likeness (QED) is 0.289. The molecule has 0 radical (unpaired) electrons. The molecule has 0 spiro atoms. The molecule has 0 aliphatic carbocycles. The first kappa shape index (κ1) is 17.5. The van der Waals surface area contributed by atoms with Crippen molar-refractivity contribution in [2.24, 2.45) is 0 Å². The van der Waals surface area contributed by atoms with E-state index in [0.29, 0.717) is 0 Å². The van der Waals surface area contributed by atoms with E-state index in [1.165, 1.54) is 44.1 Å². The second-order valence-electron chi connectivity index (χ2n) is 7.33. The molecule has 0 unspecified atom stereocenters. The van der Waals surface area contributed by atoms with Gasteiger partial charge in [-0.2, -0.15) is 0 Å². The summed E-state index contributed by atoms with van der Waals surface area (Å²) in [5, 5.41) is 2.63. The Hall–Kier alpha value is -3.58. The maximum atomic E-state index is 2.40. The van der Waals surface area contributed by atoms with Crippen LogP contribution in [0.25, 0.3) is 33.5 Å². The van der Waals surface area contributed by atoms with Crippen LogP contribution in [0.4, 0.5) is 0 Å². The van der Waals surface area contributed by atoms with Crippen LogP contribution in [0.2, 0.25) is 0 Å². The smallest absolute Gasteiger partial charge is 0.0491 e. The van der Waals surface area contributed by atoms with Gasteiger partial charge < -0.3 is 4.57 Å². The Labute approximate surface area is 171 Å². The van der Waals surface area contributed by atoms with Crippen molar-refractivity contribution in [1.82, 2.24) is 4.57 Å². The monoisotopic (exact) mass is 373 g/mol. The summed E-state index contributed by atoms with van der Waals surface area (Å²) < 4.78 is 2.40. The summed E-state index contributed by atoms with van der Waals surface area (Å²) in [6, 6.07) is 36.8. The van der Waals surface area contributed by atoms with E-state index in [0.717, 1.165) is 6.54 Å². The van der Waals surface area contributed by atoms with E-state index in [4.69, 9.17) is 0 Å². The molecule has 140 valence electrons. The van der Waals surface area contributed by atoms with Gasteiger partial charge in [0.25, 0.3) is 0 Å². The molecule has 29 heavy (non-hydrogen) atoms. The zero-order valence-corrected chi connectivity index (χ0v) is 16.5. The Morgan fingerprint density at radius 3 is 2.07 bits per heavy atom. The maximum absolute atomic E-state index is 2.40. The van der Waals surface area contributed by atoms with E-state index in [1.54, 1.807) is 0 Å². The van der Waals surface area contributed by atoms with Crippen LogP contribution in [0.15, 0.2) is 103 Å². The van der Waals surface area contributed by atoms with Gasteiger partial charge >= 0.3 is 0 Å². The fourth-order valence-electron chi connectivity index (χ4n) is 4.23. The first-order valence-corrected chi connectivity index (χ1v) is 10.2. The highest BCUT2D eigenvalue weighted by molar-refractivity contribution is 6.09. The van der Waals surface area contributed by atoms with Gasteiger partial charge in [0, 0.05) is 28.4 Å². The van der Waals surface area contributed by atoms with Crippen molar-refractivity contribution in [3.63, 3.8) is 0 Å². The average molecular weight is 373 g/mol. The van der Waals surface area contributed by atoms with Gasteiger partial charge in [0.1, 0.15) is 0 Å². The first-order chi connectivity index (χ1) is 14.3. The van der Waals surface area contributed by atoms with E-state index in [9.17, 15) is 0 Å². The largest absolute Gasteiger partial charge is 0.341 e. The van der Waals surface area contributed by atoms with Crippen LogP contribution in [0, 0.1) is 0 Å². The summed E-state index contributed by atoms with van der Waals surface area (Å²) in [6.07, 6.45) is 2.29. The Morgan fingerprint density at radius 2 is 1.31 bits per heavy atom. The van der Waals surface area contributed by atoms with Crippen molar-refractivity contribution in [2.45, 2.75) is 13.5 Å². The van der Waals surface area contributed by atoms with Crippen LogP contribution >= 0.6 is 0 Å². The first-order valence-electron chi connectivity index (χ1n) is 10.2. The van der Waals surface area contributed by atoms with Crippen LogP contribution in [0.1, 0.15) is 23.6 Å². The van der Waals surface area contributed by atoms with Gasteiger partial charge in [-0.1, -0.05) is 84.9 Å². The second kappa shape index (κ2) is 7.44. The zero-order valence-electron chi connectivity index (χ0n) is 16.5. The molecular formula is C28H23N. The standard InChI is InChI=1S/C28H23N/c1-2-29-27-16-10-9-15-24(27)26-20-23(17-18-28(26)29)25(22-13-7-4-8-14-22)19-21-11-5-3-6-12-21/h3-20H,2H2,1H3. The van der Waals surface area contributed by atoms with E-state index >= 15 is 0 Å². The highest BCUT2D eigenvalue weighted by Gasteiger charge is 2.12. The molecule has 1 nitrogen and oxygen atoms in total. The maximum Gasteiger partial charge on any atom is 0.0491 e. The molecule has 5 aromatic rings. The molecule has 5 rings (SSSR count). The lowest BCUT2D eigenvalue weighted by Crippen LogP contribution is -1.93. The van der Waals surface area contributed by atoms with E-state index in [1.807, 2.05) is 0 Å². The van der Waals surface area contributed by atoms with Crippen LogP contribution < -0.4 is 0 Å². The number of aromatic nitrogens is 1. The van der Waals surface area contributed by atoms with Crippen molar-refractivity contribution in [3.8, 4) is 0 Å². The molecule has 0 atom stereocenters. The van der Waals surface area contributed by atoms with Crippen LogP contribution in [0.3, 0.4) is 0 Å². The molecule has 1 heteroatoms. The number of rotatable bonds is 4. The molecule has 1 aromatic heterocycles. The summed E-state index contributed by atoms with van der Waals surface area (Å²) in [4.78, 5) is 0. The third kappa shape index (κ3) is 3.15. The van der Waals surface area contributed by atoms with Crippen molar-refractivity contribution >= 4 is 33.5 Å². The molecular weight excluding hydrogens is 350 g/mol. The molecule has 0 saturated carbocycles. The summed E-state index contributed by atoms with van der Waals surface area (Å²) in [6.45, 7) is 3.18. The van der Waals surface area contributed by atoms with Gasteiger partial charge in [0.05, 0.1) is 0 Å². The molecule has 4 aromatic carbocycles. The fraction of sp³-hybridized carbons (Fsp3) is 0.0714. The molecule has 0 N–H and O–H groups in total. The molecule has 0 saturated heterocycles. The minimum Gasteiger partial charge on any atom is -0.341 e. The lowest BCUT2D eigenvalue weighted by molar-refractivity contribution is 0.827. The number of para-hydroxylation sites is 1. The number of aryl methyl sites for hydroxylation is 1. The van der Waals surface area contributed by atoms with Crippen molar-refractivity contribution in [1.29, 1.82) is 0 Å². The number of hydrogen-bond acceptors (Lipinski definition) is 0. The molecule has 0 amide bonds. The molecule has 1 heterocycles. The number of hydrogen-bond donors (Lipinski definition) is 0. The SMILES string of the molecule is CCn1c2ccccc2c2cc(C(=Cc3ccccc3)c3ccccc3)ccc21. The van der Waals surface area contributed by atoms with Gasteiger partial charge in [-0.15, -0.1) is 0 Å². The third-order valence-corrected chi connectivity index (χ3v) is 5.59. The fourth-order valence-corrected chi connectivity index (χ4v) is 4.23. The number of nitrogens with zero attached hydrogens (tertiary/aromatic N) is 1. The van der Waals surface area contributed by atoms with Crippen LogP contribution in [0.5, 0.6) is 0 Å². The Kier molecular flexibility index (Phi) is 4.50. The summed E-state index contributed by atoms with van der Waals surface area (Å²) in [7, 11) is 0. The van der Waals surface area contributed by atoms with Crippen LogP contribution in [-0.4, -0.2) is 4.57 Å². The van der Waals surface area contributed by atoms with Gasteiger partial charge in [-0.3, -0.25) is 0 Å². The number of fused-ring (bicyclic) bond motifs is 3. The molecule has 0 aliphatic heterocycles. The molecule has 0 bridgehead atoms. The second-order valence-corrected chi connectivity index (χ2v) is 7.33. The van der Waals surface area contributed by atoms with E-state index in [2.05, 4.69) is 121 Å². The predicted octanol–water partition coefficient (Wildman–Crippen LogP) is 7.40. The topological polar surface area (TPSA) is 4.93 Å². The number of benzene rings is 4. The summed E-state index contributed by atoms with van der Waals surface area (Å²) in [5.74, 6) is 0.